The normalized spacial score (nSPS) is 12.5. The highest BCUT2D eigenvalue weighted by molar-refractivity contribution is 7.88. The van der Waals surface area contributed by atoms with Crippen molar-refractivity contribution in [2.75, 3.05) is 0 Å². The van der Waals surface area contributed by atoms with Crippen molar-refractivity contribution in [2.24, 2.45) is 0 Å². The molecule has 0 aliphatic rings. The molecule has 60 valence electrons. The smallest absolute Gasteiger partial charge is 0.282 e. The molecule has 1 heterocycles. The van der Waals surface area contributed by atoms with Crippen LogP contribution in [0.25, 0.3) is 6.08 Å². The van der Waals surface area contributed by atoms with Gasteiger partial charge in [0.25, 0.3) is 10.1 Å². The van der Waals surface area contributed by atoms with Gasteiger partial charge in [-0.25, -0.2) is 0 Å². The summed E-state index contributed by atoms with van der Waals surface area (Å²) < 4.78 is 28.7. The fourth-order valence-electron chi connectivity index (χ4n) is 0.534. The summed E-state index contributed by atoms with van der Waals surface area (Å²) in [7, 11) is -3.98. The zero-order valence-electron chi connectivity index (χ0n) is 5.47. The van der Waals surface area contributed by atoms with Crippen molar-refractivity contribution < 1.29 is 13.0 Å². The van der Waals surface area contributed by atoms with Crippen molar-refractivity contribution in [3.63, 3.8) is 0 Å². The Kier molecular flexibility index (Phi) is 2.43. The summed E-state index contributed by atoms with van der Waals surface area (Å²) in [4.78, 5) is 0. The fourth-order valence-corrected chi connectivity index (χ4v) is 1.49. The molecule has 5 heteroatoms. The Labute approximate surface area is 68.7 Å². The van der Waals surface area contributed by atoms with Crippen molar-refractivity contribution in [3.8, 4) is 0 Å². The van der Waals surface area contributed by atoms with Crippen LogP contribution in [0.1, 0.15) is 5.56 Å². The molecule has 3 nitrogen and oxygen atoms in total. The molecule has 1 N–H and O–H groups in total. The van der Waals surface area contributed by atoms with Crippen LogP contribution in [0.15, 0.2) is 22.2 Å². The van der Waals surface area contributed by atoms with Crippen molar-refractivity contribution in [1.29, 1.82) is 0 Å². The van der Waals surface area contributed by atoms with E-state index in [4.69, 9.17) is 4.55 Å². The summed E-state index contributed by atoms with van der Waals surface area (Å²) >= 11 is 1.46. The summed E-state index contributed by atoms with van der Waals surface area (Å²) in [5, 5.41) is 4.36. The van der Waals surface area contributed by atoms with E-state index in [9.17, 15) is 8.42 Å². The van der Waals surface area contributed by atoms with Crippen molar-refractivity contribution in [2.45, 2.75) is 0 Å². The van der Waals surface area contributed by atoms with Gasteiger partial charge in [0.05, 0.1) is 5.41 Å². The lowest BCUT2D eigenvalue weighted by atomic mass is 10.3. The zero-order chi connectivity index (χ0) is 8.32. The maximum absolute atomic E-state index is 10.2. The van der Waals surface area contributed by atoms with Crippen LogP contribution < -0.4 is 0 Å². The lowest BCUT2D eigenvalue weighted by Gasteiger charge is -1.82. The summed E-state index contributed by atoms with van der Waals surface area (Å²) in [6, 6.07) is 1.76. The van der Waals surface area contributed by atoms with E-state index >= 15 is 0 Å². The van der Waals surface area contributed by atoms with Crippen molar-refractivity contribution in [1.82, 2.24) is 0 Å². The highest BCUT2D eigenvalue weighted by Crippen LogP contribution is 2.08. The molecule has 0 saturated heterocycles. The van der Waals surface area contributed by atoms with Crippen LogP contribution >= 0.6 is 11.3 Å². The molecule has 0 amide bonds. The average molecular weight is 190 g/mol. The minimum absolute atomic E-state index is 0.759. The summed E-state index contributed by atoms with van der Waals surface area (Å²) in [5.41, 5.74) is 0.771. The van der Waals surface area contributed by atoms with Gasteiger partial charge < -0.3 is 0 Å². The third-order valence-corrected chi connectivity index (χ3v) is 2.16. The Hall–Kier alpha value is -0.650. The van der Waals surface area contributed by atoms with Crippen LogP contribution in [0.4, 0.5) is 0 Å². The van der Waals surface area contributed by atoms with Gasteiger partial charge in [0, 0.05) is 0 Å². The standard InChI is InChI=1S/C6H6O3S2/c7-11(8,9)4-2-6-1-3-10-5-6/h1-5H,(H,7,8,9). The Bertz CT molecular complexity index is 334. The summed E-state index contributed by atoms with van der Waals surface area (Å²) in [5.74, 6) is 0. The molecule has 0 unspecified atom stereocenters. The molecule has 1 rings (SSSR count). The van der Waals surface area contributed by atoms with Gasteiger partial charge >= 0.3 is 0 Å². The monoisotopic (exact) mass is 190 g/mol. The van der Waals surface area contributed by atoms with E-state index in [1.54, 1.807) is 11.4 Å². The molecule has 11 heavy (non-hydrogen) atoms. The lowest BCUT2D eigenvalue weighted by Crippen LogP contribution is -1.88. The molecule has 0 atom stereocenters. The summed E-state index contributed by atoms with van der Waals surface area (Å²) in [6.07, 6.45) is 1.34. The van der Waals surface area contributed by atoms with Crippen LogP contribution in [-0.2, 0) is 10.1 Å². The Balaban J connectivity index is 2.79. The fraction of sp³-hybridized carbons (Fsp3) is 0. The number of thiophene rings is 1. The average Bonchev–Trinajstić information content (AvgIpc) is 2.32. The molecule has 0 saturated carbocycles. The van der Waals surface area contributed by atoms with E-state index < -0.39 is 10.1 Å². The van der Waals surface area contributed by atoms with E-state index in [1.165, 1.54) is 17.4 Å². The minimum atomic E-state index is -3.98. The molecule has 0 fully saturated rings. The molecule has 1 aromatic rings. The van der Waals surface area contributed by atoms with Crippen LogP contribution in [0.2, 0.25) is 0 Å². The minimum Gasteiger partial charge on any atom is -0.282 e. The first-order chi connectivity index (χ1) is 5.08. The molecular formula is C6H6O3S2. The van der Waals surface area contributed by atoms with Gasteiger partial charge in [-0.15, -0.1) is 0 Å². The van der Waals surface area contributed by atoms with Gasteiger partial charge in [0.2, 0.25) is 0 Å². The van der Waals surface area contributed by atoms with Crippen LogP contribution in [0.3, 0.4) is 0 Å². The van der Waals surface area contributed by atoms with E-state index in [1.807, 2.05) is 5.38 Å². The summed E-state index contributed by atoms with van der Waals surface area (Å²) in [6.45, 7) is 0. The molecule has 0 aromatic carbocycles. The van der Waals surface area contributed by atoms with E-state index in [-0.39, 0.29) is 0 Å². The molecule has 0 spiro atoms. The third kappa shape index (κ3) is 3.31. The third-order valence-electron chi connectivity index (χ3n) is 0.976. The SMILES string of the molecule is O=S(=O)(O)C=Cc1ccsc1. The Morgan fingerprint density at radius 2 is 2.27 bits per heavy atom. The van der Waals surface area contributed by atoms with Crippen LogP contribution in [-0.4, -0.2) is 13.0 Å². The van der Waals surface area contributed by atoms with E-state index in [0.29, 0.717) is 0 Å². The second-order valence-corrected chi connectivity index (χ2v) is 3.96. The molecule has 0 bridgehead atoms. The number of hydrogen-bond donors (Lipinski definition) is 1. The quantitative estimate of drug-likeness (QED) is 0.721. The molecule has 0 radical (unpaired) electrons. The predicted molar refractivity (Wildman–Crippen MR) is 44.9 cm³/mol. The number of hydrogen-bond acceptors (Lipinski definition) is 3. The molecule has 1 aromatic heterocycles. The molecule has 0 aliphatic carbocycles. The highest BCUT2D eigenvalue weighted by Gasteiger charge is 1.94. The topological polar surface area (TPSA) is 54.4 Å². The van der Waals surface area contributed by atoms with E-state index in [2.05, 4.69) is 0 Å². The van der Waals surface area contributed by atoms with Gasteiger partial charge in [-0.2, -0.15) is 19.8 Å². The first-order valence-electron chi connectivity index (χ1n) is 2.76. The van der Waals surface area contributed by atoms with E-state index in [0.717, 1.165) is 11.0 Å². The van der Waals surface area contributed by atoms with Gasteiger partial charge in [0.1, 0.15) is 0 Å². The Morgan fingerprint density at radius 3 is 2.73 bits per heavy atom. The maximum Gasteiger partial charge on any atom is 0.287 e. The van der Waals surface area contributed by atoms with Crippen molar-refractivity contribution in [3.05, 3.63) is 27.8 Å². The second kappa shape index (κ2) is 3.17. The van der Waals surface area contributed by atoms with Gasteiger partial charge in [-0.05, 0) is 28.5 Å². The number of rotatable bonds is 2. The second-order valence-electron chi connectivity index (χ2n) is 1.87. The van der Waals surface area contributed by atoms with Gasteiger partial charge in [-0.3, -0.25) is 4.55 Å². The predicted octanol–water partition coefficient (Wildman–Crippen LogP) is 1.61. The van der Waals surface area contributed by atoms with Crippen molar-refractivity contribution >= 4 is 27.5 Å². The van der Waals surface area contributed by atoms with Crippen LogP contribution in [0.5, 0.6) is 0 Å². The van der Waals surface area contributed by atoms with Gasteiger partial charge in [-0.1, -0.05) is 0 Å². The molecule has 0 aliphatic heterocycles. The van der Waals surface area contributed by atoms with Gasteiger partial charge in [0.15, 0.2) is 0 Å². The largest absolute Gasteiger partial charge is 0.287 e. The first kappa shape index (κ1) is 8.45. The van der Waals surface area contributed by atoms with Crippen LogP contribution in [0, 0.1) is 0 Å². The molecular weight excluding hydrogens is 184 g/mol. The Morgan fingerprint density at radius 1 is 1.55 bits per heavy atom. The lowest BCUT2D eigenvalue weighted by molar-refractivity contribution is 0.494. The maximum atomic E-state index is 10.2. The first-order valence-corrected chi connectivity index (χ1v) is 5.20. The zero-order valence-corrected chi connectivity index (χ0v) is 7.10. The highest BCUT2D eigenvalue weighted by atomic mass is 32.2.